The number of nitrogens with zero attached hydrogens (tertiary/aromatic N) is 3. The van der Waals surface area contributed by atoms with E-state index in [0.717, 1.165) is 30.1 Å². The molecule has 0 saturated carbocycles. The molecule has 4 rings (SSSR count). The molecule has 0 saturated heterocycles. The van der Waals surface area contributed by atoms with Gasteiger partial charge in [0.1, 0.15) is 5.65 Å². The number of pyridine rings is 1. The number of aryl methyl sites for hydroxylation is 1. The van der Waals surface area contributed by atoms with Gasteiger partial charge in [0.05, 0.1) is 12.3 Å². The number of anilines is 1. The van der Waals surface area contributed by atoms with E-state index in [1.165, 1.54) is 22.4 Å². The minimum absolute atomic E-state index is 0.243. The number of aromatic nitrogens is 2. The summed E-state index contributed by atoms with van der Waals surface area (Å²) in [7, 11) is 0.432. The van der Waals surface area contributed by atoms with Gasteiger partial charge in [-0.1, -0.05) is 75.4 Å². The van der Waals surface area contributed by atoms with Crippen molar-refractivity contribution in [3.8, 4) is 11.3 Å². The van der Waals surface area contributed by atoms with E-state index in [2.05, 4.69) is 142 Å². The van der Waals surface area contributed by atoms with Gasteiger partial charge in [-0.15, -0.1) is 0 Å². The molecule has 4 aromatic rings. The molecule has 0 aliphatic carbocycles. The SMILES string of the molecule is Cc1ccc2nc(-c3ccc(/C=C/c4ccc(N(C)CCO[Si](C)(C)C(C)(C)C)cc4)cc3)cn2c1. The first-order chi connectivity index (χ1) is 17.0. The molecule has 0 radical (unpaired) electrons. The molecule has 0 atom stereocenters. The molecular weight excluding hydrogens is 458 g/mol. The van der Waals surface area contributed by atoms with Crippen LogP contribution in [0.4, 0.5) is 5.69 Å². The Kier molecular flexibility index (Phi) is 7.53. The highest BCUT2D eigenvalue weighted by molar-refractivity contribution is 6.74. The molecule has 0 spiro atoms. The normalized spacial score (nSPS) is 12.5. The van der Waals surface area contributed by atoms with Gasteiger partial charge in [0.25, 0.3) is 0 Å². The average Bonchev–Trinajstić information content (AvgIpc) is 3.26. The van der Waals surface area contributed by atoms with Crippen molar-refractivity contribution in [2.75, 3.05) is 25.1 Å². The molecule has 2 heterocycles. The Morgan fingerprint density at radius 3 is 2.11 bits per heavy atom. The Hall–Kier alpha value is -3.15. The van der Waals surface area contributed by atoms with Gasteiger partial charge in [-0.2, -0.15) is 0 Å². The smallest absolute Gasteiger partial charge is 0.192 e. The topological polar surface area (TPSA) is 29.8 Å². The van der Waals surface area contributed by atoms with Crippen LogP contribution in [-0.4, -0.2) is 37.9 Å². The summed E-state index contributed by atoms with van der Waals surface area (Å²) < 4.78 is 8.42. The molecule has 0 aliphatic rings. The summed E-state index contributed by atoms with van der Waals surface area (Å²) in [5.41, 5.74) is 7.87. The number of hydrogen-bond donors (Lipinski definition) is 0. The number of hydrogen-bond acceptors (Lipinski definition) is 3. The minimum Gasteiger partial charge on any atom is -0.415 e. The van der Waals surface area contributed by atoms with Crippen LogP contribution in [0.5, 0.6) is 0 Å². The molecule has 0 fully saturated rings. The predicted octanol–water partition coefficient (Wildman–Crippen LogP) is 7.94. The first-order valence-corrected chi connectivity index (χ1v) is 15.6. The first kappa shape index (κ1) is 25.9. The van der Waals surface area contributed by atoms with E-state index >= 15 is 0 Å². The second kappa shape index (κ2) is 10.5. The van der Waals surface area contributed by atoms with Gasteiger partial charge >= 0.3 is 0 Å². The zero-order valence-electron chi connectivity index (χ0n) is 22.7. The Morgan fingerprint density at radius 1 is 0.889 bits per heavy atom. The Bertz CT molecular complexity index is 1330. The molecule has 0 aliphatic heterocycles. The molecule has 0 amide bonds. The molecular formula is C31H39N3OSi. The van der Waals surface area contributed by atoms with Crippen LogP contribution < -0.4 is 4.90 Å². The summed E-state index contributed by atoms with van der Waals surface area (Å²) in [6.07, 6.45) is 8.51. The van der Waals surface area contributed by atoms with E-state index < -0.39 is 8.32 Å². The van der Waals surface area contributed by atoms with Gasteiger partial charge in [-0.25, -0.2) is 4.98 Å². The fourth-order valence-electron chi connectivity index (χ4n) is 3.82. The van der Waals surface area contributed by atoms with Gasteiger partial charge in [0.2, 0.25) is 0 Å². The summed E-state index contributed by atoms with van der Waals surface area (Å²) in [6.45, 7) is 15.2. The van der Waals surface area contributed by atoms with E-state index in [-0.39, 0.29) is 5.04 Å². The molecule has 188 valence electrons. The van der Waals surface area contributed by atoms with Crippen molar-refractivity contribution >= 4 is 31.8 Å². The maximum atomic E-state index is 6.33. The van der Waals surface area contributed by atoms with Crippen LogP contribution in [0.15, 0.2) is 73.1 Å². The van der Waals surface area contributed by atoms with E-state index in [9.17, 15) is 0 Å². The Labute approximate surface area is 217 Å². The molecule has 0 N–H and O–H groups in total. The van der Waals surface area contributed by atoms with Gasteiger partial charge in [0.15, 0.2) is 8.32 Å². The average molecular weight is 498 g/mol. The van der Waals surface area contributed by atoms with Crippen LogP contribution in [0.25, 0.3) is 29.1 Å². The van der Waals surface area contributed by atoms with Crippen LogP contribution >= 0.6 is 0 Å². The minimum atomic E-state index is -1.70. The highest BCUT2D eigenvalue weighted by atomic mass is 28.4. The van der Waals surface area contributed by atoms with Crippen LogP contribution in [0.2, 0.25) is 18.1 Å². The number of likely N-dealkylation sites (N-methyl/N-ethyl adjacent to an activating group) is 1. The van der Waals surface area contributed by atoms with Crippen molar-refractivity contribution in [3.63, 3.8) is 0 Å². The van der Waals surface area contributed by atoms with Crippen LogP contribution in [-0.2, 0) is 4.43 Å². The summed E-state index contributed by atoms with van der Waals surface area (Å²) in [4.78, 5) is 7.01. The van der Waals surface area contributed by atoms with Crippen molar-refractivity contribution in [1.29, 1.82) is 0 Å². The second-order valence-electron chi connectivity index (χ2n) is 11.2. The third kappa shape index (κ3) is 6.15. The zero-order valence-corrected chi connectivity index (χ0v) is 23.7. The maximum Gasteiger partial charge on any atom is 0.192 e. The number of imidazole rings is 1. The van der Waals surface area contributed by atoms with Gasteiger partial charge in [0, 0.05) is 37.2 Å². The second-order valence-corrected chi connectivity index (χ2v) is 16.0. The fraction of sp³-hybridized carbons (Fsp3) is 0.323. The van der Waals surface area contributed by atoms with Crippen LogP contribution in [0.1, 0.15) is 37.5 Å². The van der Waals surface area contributed by atoms with E-state index in [4.69, 9.17) is 9.41 Å². The van der Waals surface area contributed by atoms with Gasteiger partial charge < -0.3 is 13.7 Å². The van der Waals surface area contributed by atoms with Crippen LogP contribution in [0.3, 0.4) is 0 Å². The van der Waals surface area contributed by atoms with Crippen molar-refractivity contribution in [1.82, 2.24) is 9.38 Å². The molecule has 5 heteroatoms. The third-order valence-corrected chi connectivity index (χ3v) is 11.8. The molecule has 2 aromatic heterocycles. The van der Waals surface area contributed by atoms with Gasteiger partial charge in [-0.3, -0.25) is 0 Å². The summed E-state index contributed by atoms with van der Waals surface area (Å²) in [5, 5.41) is 0.243. The quantitative estimate of drug-likeness (QED) is 0.183. The lowest BCUT2D eigenvalue weighted by Crippen LogP contribution is -2.42. The van der Waals surface area contributed by atoms with Crippen molar-refractivity contribution in [3.05, 3.63) is 89.7 Å². The number of rotatable bonds is 8. The van der Waals surface area contributed by atoms with Crippen molar-refractivity contribution in [2.24, 2.45) is 0 Å². The Morgan fingerprint density at radius 2 is 1.50 bits per heavy atom. The number of fused-ring (bicyclic) bond motifs is 1. The standard InChI is InChI=1S/C31H39N3OSi/c1-24-8-19-30-32-29(23-34(30)22-24)27-15-11-25(12-16-27)9-10-26-13-17-28(18-14-26)33(5)20-21-35-36(6,7)31(2,3)4/h8-19,22-23H,20-21H2,1-7H3/b10-9+. The van der Waals surface area contributed by atoms with E-state index in [1.807, 2.05) is 0 Å². The predicted molar refractivity (Wildman–Crippen MR) is 157 cm³/mol. The zero-order chi connectivity index (χ0) is 25.9. The summed E-state index contributed by atoms with van der Waals surface area (Å²) in [6, 6.07) is 21.4. The monoisotopic (exact) mass is 497 g/mol. The van der Waals surface area contributed by atoms with Crippen LogP contribution in [0, 0.1) is 6.92 Å². The summed E-state index contributed by atoms with van der Waals surface area (Å²) in [5.74, 6) is 0. The van der Waals surface area contributed by atoms with E-state index in [0.29, 0.717) is 0 Å². The number of benzene rings is 2. The van der Waals surface area contributed by atoms with E-state index in [1.54, 1.807) is 0 Å². The molecule has 2 aromatic carbocycles. The lowest BCUT2D eigenvalue weighted by atomic mass is 10.1. The lowest BCUT2D eigenvalue weighted by molar-refractivity contribution is 0.296. The Balaban J connectivity index is 1.34. The summed E-state index contributed by atoms with van der Waals surface area (Å²) >= 11 is 0. The lowest BCUT2D eigenvalue weighted by Gasteiger charge is -2.36. The highest BCUT2D eigenvalue weighted by Gasteiger charge is 2.36. The molecule has 0 bridgehead atoms. The molecule has 0 unspecified atom stereocenters. The van der Waals surface area contributed by atoms with Gasteiger partial charge in [-0.05, 0) is 59.9 Å². The third-order valence-electron chi connectivity index (χ3n) is 7.30. The maximum absolute atomic E-state index is 6.33. The van der Waals surface area contributed by atoms with Crippen molar-refractivity contribution < 1.29 is 4.43 Å². The highest BCUT2D eigenvalue weighted by Crippen LogP contribution is 2.36. The molecule has 4 nitrogen and oxygen atoms in total. The molecule has 36 heavy (non-hydrogen) atoms. The first-order valence-electron chi connectivity index (χ1n) is 12.7. The fourth-order valence-corrected chi connectivity index (χ4v) is 4.86. The largest absolute Gasteiger partial charge is 0.415 e. The van der Waals surface area contributed by atoms with Crippen molar-refractivity contribution in [2.45, 2.75) is 45.8 Å².